The lowest BCUT2D eigenvalue weighted by Crippen LogP contribution is -2.12. The topological polar surface area (TPSA) is 51.2 Å². The highest BCUT2D eigenvalue weighted by molar-refractivity contribution is 9.10. The molecule has 1 heterocycles. The van der Waals surface area contributed by atoms with Crippen molar-refractivity contribution < 1.29 is 9.53 Å². The van der Waals surface area contributed by atoms with E-state index in [0.29, 0.717) is 17.0 Å². The van der Waals surface area contributed by atoms with Crippen LogP contribution < -0.4 is 10.1 Å². The van der Waals surface area contributed by atoms with Gasteiger partial charge in [-0.2, -0.15) is 0 Å². The molecule has 0 saturated carbocycles. The van der Waals surface area contributed by atoms with Gasteiger partial charge in [0.05, 0.1) is 18.3 Å². The van der Waals surface area contributed by atoms with Gasteiger partial charge >= 0.3 is 0 Å². The van der Waals surface area contributed by atoms with Crippen LogP contribution in [0.25, 0.3) is 10.9 Å². The summed E-state index contributed by atoms with van der Waals surface area (Å²) in [5, 5.41) is 3.81. The number of hydrogen-bond donors (Lipinski definition) is 1. The number of aromatic nitrogens is 1. The zero-order valence-corrected chi connectivity index (χ0v) is 14.3. The fourth-order valence-corrected chi connectivity index (χ4v) is 2.70. The minimum absolute atomic E-state index is 0.191. The summed E-state index contributed by atoms with van der Waals surface area (Å²) < 4.78 is 6.14. The molecule has 0 aliphatic heterocycles. The fourth-order valence-electron chi connectivity index (χ4n) is 2.34. The summed E-state index contributed by atoms with van der Waals surface area (Å²) in [7, 11) is 1.57. The van der Waals surface area contributed by atoms with E-state index in [1.165, 1.54) is 0 Å². The first-order chi connectivity index (χ1) is 11.1. The Bertz CT molecular complexity index is 893. The average molecular weight is 371 g/mol. The van der Waals surface area contributed by atoms with Crippen LogP contribution in [-0.2, 0) is 0 Å². The molecule has 3 aromatic rings. The van der Waals surface area contributed by atoms with E-state index < -0.39 is 0 Å². The number of benzene rings is 2. The van der Waals surface area contributed by atoms with Crippen molar-refractivity contribution >= 4 is 38.4 Å². The number of methoxy groups -OCH3 is 1. The zero-order valence-electron chi connectivity index (χ0n) is 12.8. The second-order valence-corrected chi connectivity index (χ2v) is 6.07. The SMILES string of the molecule is COc1ccc(Br)cc1NC(=O)c1ccc2nc(C)ccc2c1. The van der Waals surface area contributed by atoms with Gasteiger partial charge in [0.15, 0.2) is 0 Å². The number of halogens is 1. The maximum Gasteiger partial charge on any atom is 0.255 e. The lowest BCUT2D eigenvalue weighted by atomic mass is 10.1. The normalized spacial score (nSPS) is 10.6. The van der Waals surface area contributed by atoms with Crippen LogP contribution in [0.1, 0.15) is 16.1 Å². The van der Waals surface area contributed by atoms with Crippen LogP contribution in [0.3, 0.4) is 0 Å². The van der Waals surface area contributed by atoms with Crippen molar-refractivity contribution in [2.75, 3.05) is 12.4 Å². The number of amides is 1. The Balaban J connectivity index is 1.92. The first-order valence-corrected chi connectivity index (χ1v) is 7.88. The number of carbonyl (C=O) groups excluding carboxylic acids is 1. The molecule has 1 N–H and O–H groups in total. The molecule has 3 rings (SSSR count). The van der Waals surface area contributed by atoms with E-state index in [1.807, 2.05) is 43.3 Å². The molecule has 1 aromatic heterocycles. The van der Waals surface area contributed by atoms with Crippen LogP contribution in [0.15, 0.2) is 53.0 Å². The highest BCUT2D eigenvalue weighted by Gasteiger charge is 2.11. The summed E-state index contributed by atoms with van der Waals surface area (Å²) in [5.74, 6) is 0.420. The Hall–Kier alpha value is -2.40. The number of pyridine rings is 1. The van der Waals surface area contributed by atoms with E-state index in [-0.39, 0.29) is 5.91 Å². The van der Waals surface area contributed by atoms with Gasteiger partial charge in [0, 0.05) is 21.1 Å². The Morgan fingerprint density at radius 2 is 1.96 bits per heavy atom. The van der Waals surface area contributed by atoms with E-state index >= 15 is 0 Å². The van der Waals surface area contributed by atoms with Crippen molar-refractivity contribution in [1.29, 1.82) is 0 Å². The van der Waals surface area contributed by atoms with E-state index in [4.69, 9.17) is 4.74 Å². The van der Waals surface area contributed by atoms with Gasteiger partial charge in [0.1, 0.15) is 5.75 Å². The maximum absolute atomic E-state index is 12.5. The van der Waals surface area contributed by atoms with Gasteiger partial charge in [0.25, 0.3) is 5.91 Å². The van der Waals surface area contributed by atoms with E-state index in [2.05, 4.69) is 26.2 Å². The molecule has 0 bridgehead atoms. The van der Waals surface area contributed by atoms with Crippen LogP contribution in [0.5, 0.6) is 5.75 Å². The Morgan fingerprint density at radius 1 is 1.13 bits per heavy atom. The van der Waals surface area contributed by atoms with Crippen LogP contribution in [-0.4, -0.2) is 18.0 Å². The lowest BCUT2D eigenvalue weighted by Gasteiger charge is -2.11. The number of ether oxygens (including phenoxy) is 1. The van der Waals surface area contributed by atoms with Crippen molar-refractivity contribution in [3.63, 3.8) is 0 Å². The van der Waals surface area contributed by atoms with Crippen molar-refractivity contribution in [2.45, 2.75) is 6.92 Å². The molecule has 1 amide bonds. The standard InChI is InChI=1S/C18H15BrN2O2/c1-11-3-4-12-9-13(5-7-15(12)20-11)18(22)21-16-10-14(19)6-8-17(16)23-2/h3-10H,1-2H3,(H,21,22). The summed E-state index contributed by atoms with van der Waals surface area (Å²) in [6.45, 7) is 1.94. The molecular formula is C18H15BrN2O2. The predicted octanol–water partition coefficient (Wildman–Crippen LogP) is 4.57. The number of aryl methyl sites for hydroxylation is 1. The third-order valence-corrected chi connectivity index (χ3v) is 3.99. The molecule has 0 unspecified atom stereocenters. The van der Waals surface area contributed by atoms with Crippen molar-refractivity contribution in [3.8, 4) is 5.75 Å². The summed E-state index contributed by atoms with van der Waals surface area (Å²) >= 11 is 3.40. The van der Waals surface area contributed by atoms with Gasteiger partial charge in [-0.25, -0.2) is 0 Å². The van der Waals surface area contributed by atoms with Crippen molar-refractivity contribution in [1.82, 2.24) is 4.98 Å². The number of fused-ring (bicyclic) bond motifs is 1. The molecule has 0 aliphatic carbocycles. The van der Waals surface area contributed by atoms with E-state index in [0.717, 1.165) is 21.1 Å². The molecule has 0 aliphatic rings. The highest BCUT2D eigenvalue weighted by Crippen LogP contribution is 2.28. The molecule has 0 saturated heterocycles. The molecule has 23 heavy (non-hydrogen) atoms. The molecule has 116 valence electrons. The molecule has 4 nitrogen and oxygen atoms in total. The number of nitrogens with zero attached hydrogens (tertiary/aromatic N) is 1. The highest BCUT2D eigenvalue weighted by atomic mass is 79.9. The third-order valence-electron chi connectivity index (χ3n) is 3.50. The lowest BCUT2D eigenvalue weighted by molar-refractivity contribution is 0.102. The van der Waals surface area contributed by atoms with Gasteiger partial charge in [-0.3, -0.25) is 9.78 Å². The number of hydrogen-bond acceptors (Lipinski definition) is 3. The van der Waals surface area contributed by atoms with E-state index in [9.17, 15) is 4.79 Å². The largest absolute Gasteiger partial charge is 0.495 e. The Labute approximate surface area is 142 Å². The molecule has 2 aromatic carbocycles. The van der Waals surface area contributed by atoms with Crippen LogP contribution in [0, 0.1) is 6.92 Å². The van der Waals surface area contributed by atoms with Gasteiger partial charge in [0.2, 0.25) is 0 Å². The monoisotopic (exact) mass is 370 g/mol. The van der Waals surface area contributed by atoms with Crippen LogP contribution in [0.4, 0.5) is 5.69 Å². The molecule has 5 heteroatoms. The molecular weight excluding hydrogens is 356 g/mol. The number of anilines is 1. The molecule has 0 spiro atoms. The zero-order chi connectivity index (χ0) is 16.4. The second-order valence-electron chi connectivity index (χ2n) is 5.16. The summed E-state index contributed by atoms with van der Waals surface area (Å²) in [6, 6.07) is 14.8. The van der Waals surface area contributed by atoms with Crippen LogP contribution in [0.2, 0.25) is 0 Å². The minimum atomic E-state index is -0.191. The maximum atomic E-state index is 12.5. The van der Waals surface area contributed by atoms with Gasteiger partial charge in [-0.15, -0.1) is 0 Å². The Kier molecular flexibility index (Phi) is 4.30. The Morgan fingerprint density at radius 3 is 2.74 bits per heavy atom. The first kappa shape index (κ1) is 15.5. The number of carbonyl (C=O) groups is 1. The average Bonchev–Trinajstić information content (AvgIpc) is 2.54. The van der Waals surface area contributed by atoms with Gasteiger partial charge < -0.3 is 10.1 Å². The first-order valence-electron chi connectivity index (χ1n) is 7.09. The number of nitrogens with one attached hydrogen (secondary N) is 1. The number of rotatable bonds is 3. The quantitative estimate of drug-likeness (QED) is 0.734. The summed E-state index contributed by atoms with van der Waals surface area (Å²) in [6.07, 6.45) is 0. The summed E-state index contributed by atoms with van der Waals surface area (Å²) in [5.41, 5.74) is 3.02. The third kappa shape index (κ3) is 3.35. The fraction of sp³-hybridized carbons (Fsp3) is 0.111. The van der Waals surface area contributed by atoms with Crippen LogP contribution >= 0.6 is 15.9 Å². The minimum Gasteiger partial charge on any atom is -0.495 e. The summed E-state index contributed by atoms with van der Waals surface area (Å²) in [4.78, 5) is 16.9. The van der Waals surface area contributed by atoms with E-state index in [1.54, 1.807) is 19.2 Å². The molecule has 0 radical (unpaired) electrons. The van der Waals surface area contributed by atoms with Crippen molar-refractivity contribution in [3.05, 3.63) is 64.3 Å². The van der Waals surface area contributed by atoms with Gasteiger partial charge in [-0.05, 0) is 49.4 Å². The molecule has 0 atom stereocenters. The van der Waals surface area contributed by atoms with Gasteiger partial charge in [-0.1, -0.05) is 22.0 Å². The predicted molar refractivity (Wildman–Crippen MR) is 95.1 cm³/mol. The smallest absolute Gasteiger partial charge is 0.255 e. The molecule has 0 fully saturated rings. The van der Waals surface area contributed by atoms with Crippen molar-refractivity contribution in [2.24, 2.45) is 0 Å². The second kappa shape index (κ2) is 6.38.